The summed E-state index contributed by atoms with van der Waals surface area (Å²) in [5.74, 6) is -3.01. The summed E-state index contributed by atoms with van der Waals surface area (Å²) in [6.07, 6.45) is 0. The summed E-state index contributed by atoms with van der Waals surface area (Å²) in [5, 5.41) is 8.55. The lowest BCUT2D eigenvalue weighted by Gasteiger charge is -2.01. The van der Waals surface area contributed by atoms with Gasteiger partial charge in [0, 0.05) is 0 Å². The van der Waals surface area contributed by atoms with Crippen LogP contribution in [0.1, 0.15) is 20.7 Å². The van der Waals surface area contributed by atoms with Crippen molar-refractivity contribution in [2.24, 2.45) is 0 Å². The molecule has 0 aromatic heterocycles. The fraction of sp³-hybridized carbons (Fsp3) is 0.111. The fourth-order valence-corrected chi connectivity index (χ4v) is 0.934. The molecule has 4 nitrogen and oxygen atoms in total. The number of benzene rings is 1. The smallest absolute Gasteiger partial charge is 0.338 e. The van der Waals surface area contributed by atoms with Gasteiger partial charge in [0.1, 0.15) is 5.82 Å². The Morgan fingerprint density at radius 3 is 2.57 bits per heavy atom. The Morgan fingerprint density at radius 2 is 2.07 bits per heavy atom. The highest BCUT2D eigenvalue weighted by molar-refractivity contribution is 5.94. The summed E-state index contributed by atoms with van der Waals surface area (Å²) in [5.41, 5.74) is -0.542. The van der Waals surface area contributed by atoms with Crippen LogP contribution >= 0.6 is 0 Å². The molecule has 1 N–H and O–H groups in total. The predicted molar refractivity (Wildman–Crippen MR) is 44.7 cm³/mol. The van der Waals surface area contributed by atoms with Crippen LogP contribution in [-0.2, 0) is 4.74 Å². The molecule has 5 heteroatoms. The molecule has 0 fully saturated rings. The zero-order valence-corrected chi connectivity index (χ0v) is 7.28. The van der Waals surface area contributed by atoms with Crippen LogP contribution in [0.15, 0.2) is 18.2 Å². The minimum Gasteiger partial charge on any atom is -0.478 e. The van der Waals surface area contributed by atoms with Crippen molar-refractivity contribution in [3.8, 4) is 0 Å². The Labute approximate surface area is 78.9 Å². The van der Waals surface area contributed by atoms with Crippen molar-refractivity contribution in [3.05, 3.63) is 35.1 Å². The van der Waals surface area contributed by atoms with Crippen molar-refractivity contribution in [1.29, 1.82) is 0 Å². The molecule has 0 radical (unpaired) electrons. The molecule has 0 unspecified atom stereocenters. The average molecular weight is 198 g/mol. The number of carboxylic acids is 1. The summed E-state index contributed by atoms with van der Waals surface area (Å²) >= 11 is 0. The van der Waals surface area contributed by atoms with Gasteiger partial charge >= 0.3 is 11.9 Å². The first-order chi connectivity index (χ1) is 6.56. The summed E-state index contributed by atoms with van der Waals surface area (Å²) < 4.78 is 17.2. The van der Waals surface area contributed by atoms with Gasteiger partial charge in [-0.2, -0.15) is 0 Å². The summed E-state index contributed by atoms with van der Waals surface area (Å²) in [6, 6.07) is 3.01. The molecule has 1 aromatic rings. The number of methoxy groups -OCH3 is 1. The minimum atomic E-state index is -1.42. The number of hydrogen-bond donors (Lipinski definition) is 1. The van der Waals surface area contributed by atoms with Gasteiger partial charge in [-0.1, -0.05) is 0 Å². The van der Waals surface area contributed by atoms with Crippen LogP contribution in [0.2, 0.25) is 0 Å². The lowest BCUT2D eigenvalue weighted by atomic mass is 10.1. The van der Waals surface area contributed by atoms with Crippen molar-refractivity contribution in [2.45, 2.75) is 0 Å². The predicted octanol–water partition coefficient (Wildman–Crippen LogP) is 1.31. The van der Waals surface area contributed by atoms with Crippen molar-refractivity contribution in [1.82, 2.24) is 0 Å². The molecule has 0 saturated heterocycles. The van der Waals surface area contributed by atoms with E-state index < -0.39 is 23.3 Å². The van der Waals surface area contributed by atoms with E-state index in [1.807, 2.05) is 0 Å². The molecule has 0 bridgehead atoms. The Morgan fingerprint density at radius 1 is 1.43 bits per heavy atom. The quantitative estimate of drug-likeness (QED) is 0.727. The van der Waals surface area contributed by atoms with Crippen LogP contribution in [0.4, 0.5) is 4.39 Å². The van der Waals surface area contributed by atoms with E-state index in [2.05, 4.69) is 4.74 Å². The van der Waals surface area contributed by atoms with Gasteiger partial charge in [-0.25, -0.2) is 14.0 Å². The molecular formula is C9H7FO4. The van der Waals surface area contributed by atoms with Gasteiger partial charge in [0.25, 0.3) is 0 Å². The molecule has 1 rings (SSSR count). The monoisotopic (exact) mass is 198 g/mol. The highest BCUT2D eigenvalue weighted by Gasteiger charge is 2.14. The Balaban J connectivity index is 3.19. The molecule has 0 saturated carbocycles. The molecule has 0 heterocycles. The number of ether oxygens (including phenoxy) is 1. The maximum atomic E-state index is 12.9. The minimum absolute atomic E-state index is 0.00583. The molecule has 14 heavy (non-hydrogen) atoms. The van der Waals surface area contributed by atoms with E-state index in [9.17, 15) is 14.0 Å². The number of carboxylic acid groups (broad SMARTS) is 1. The number of rotatable bonds is 2. The standard InChI is InChI=1S/C9H7FO4/c1-14-9(13)5-2-3-7(10)6(4-5)8(11)12/h2-4H,1H3,(H,11,12). The maximum Gasteiger partial charge on any atom is 0.338 e. The Hall–Kier alpha value is -1.91. The lowest BCUT2D eigenvalue weighted by Crippen LogP contribution is -2.06. The van der Waals surface area contributed by atoms with E-state index in [1.165, 1.54) is 0 Å². The second kappa shape index (κ2) is 3.87. The molecule has 1 aromatic carbocycles. The molecule has 74 valence electrons. The van der Waals surface area contributed by atoms with E-state index in [0.29, 0.717) is 0 Å². The van der Waals surface area contributed by atoms with Gasteiger partial charge in [-0.3, -0.25) is 0 Å². The maximum absolute atomic E-state index is 12.9. The van der Waals surface area contributed by atoms with Crippen molar-refractivity contribution < 1.29 is 23.8 Å². The largest absolute Gasteiger partial charge is 0.478 e. The SMILES string of the molecule is COC(=O)c1ccc(F)c(C(=O)O)c1. The van der Waals surface area contributed by atoms with Gasteiger partial charge in [0.05, 0.1) is 18.2 Å². The number of aromatic carboxylic acids is 1. The van der Waals surface area contributed by atoms with E-state index in [0.717, 1.165) is 25.3 Å². The van der Waals surface area contributed by atoms with E-state index in [1.54, 1.807) is 0 Å². The second-order valence-electron chi connectivity index (χ2n) is 2.49. The Kier molecular flexibility index (Phi) is 2.81. The lowest BCUT2D eigenvalue weighted by molar-refractivity contribution is 0.0600. The Bertz CT molecular complexity index is 386. The van der Waals surface area contributed by atoms with E-state index >= 15 is 0 Å². The van der Waals surface area contributed by atoms with Gasteiger partial charge < -0.3 is 9.84 Å². The topological polar surface area (TPSA) is 63.6 Å². The van der Waals surface area contributed by atoms with E-state index in [4.69, 9.17) is 5.11 Å². The van der Waals surface area contributed by atoms with Crippen molar-refractivity contribution >= 4 is 11.9 Å². The number of carbonyl (C=O) groups is 2. The molecule has 0 aliphatic rings. The van der Waals surface area contributed by atoms with E-state index in [-0.39, 0.29) is 5.56 Å². The van der Waals surface area contributed by atoms with Crippen LogP contribution < -0.4 is 0 Å². The zero-order chi connectivity index (χ0) is 10.7. The van der Waals surface area contributed by atoms with Crippen LogP contribution in [0, 0.1) is 5.82 Å². The number of esters is 1. The average Bonchev–Trinajstić information content (AvgIpc) is 2.17. The third kappa shape index (κ3) is 1.87. The molecule has 0 amide bonds. The highest BCUT2D eigenvalue weighted by Crippen LogP contribution is 2.11. The molecule has 0 aliphatic heterocycles. The molecule has 0 aliphatic carbocycles. The second-order valence-corrected chi connectivity index (χ2v) is 2.49. The summed E-state index contributed by atoms with van der Waals surface area (Å²) in [4.78, 5) is 21.5. The first-order valence-corrected chi connectivity index (χ1v) is 3.67. The van der Waals surface area contributed by atoms with Crippen molar-refractivity contribution in [3.63, 3.8) is 0 Å². The number of carbonyl (C=O) groups excluding carboxylic acids is 1. The first-order valence-electron chi connectivity index (χ1n) is 3.67. The van der Waals surface area contributed by atoms with Gasteiger partial charge in [0.15, 0.2) is 0 Å². The van der Waals surface area contributed by atoms with Crippen LogP contribution in [0.25, 0.3) is 0 Å². The highest BCUT2D eigenvalue weighted by atomic mass is 19.1. The third-order valence-corrected chi connectivity index (χ3v) is 1.62. The van der Waals surface area contributed by atoms with Gasteiger partial charge in [-0.15, -0.1) is 0 Å². The normalized spacial score (nSPS) is 9.57. The van der Waals surface area contributed by atoms with Gasteiger partial charge in [-0.05, 0) is 18.2 Å². The molecule has 0 spiro atoms. The third-order valence-electron chi connectivity index (χ3n) is 1.62. The summed E-state index contributed by atoms with van der Waals surface area (Å²) in [7, 11) is 1.16. The van der Waals surface area contributed by atoms with Crippen LogP contribution in [0.5, 0.6) is 0 Å². The molecule has 0 atom stereocenters. The number of hydrogen-bond acceptors (Lipinski definition) is 3. The van der Waals surface area contributed by atoms with Crippen molar-refractivity contribution in [2.75, 3.05) is 7.11 Å². The first kappa shape index (κ1) is 10.2. The van der Waals surface area contributed by atoms with Gasteiger partial charge in [0.2, 0.25) is 0 Å². The van der Waals surface area contributed by atoms with Crippen LogP contribution in [-0.4, -0.2) is 24.2 Å². The summed E-state index contributed by atoms with van der Waals surface area (Å²) in [6.45, 7) is 0. The van der Waals surface area contributed by atoms with Crippen LogP contribution in [0.3, 0.4) is 0 Å². The number of halogens is 1. The fourth-order valence-electron chi connectivity index (χ4n) is 0.934. The molecular weight excluding hydrogens is 191 g/mol. The zero-order valence-electron chi connectivity index (χ0n) is 7.28.